The van der Waals surface area contributed by atoms with E-state index in [2.05, 4.69) is 29.6 Å². The zero-order chi connectivity index (χ0) is 17.7. The molecule has 1 atom stereocenters. The van der Waals surface area contributed by atoms with Gasteiger partial charge in [0.15, 0.2) is 0 Å². The number of amides is 1. The second-order valence-corrected chi connectivity index (χ2v) is 6.31. The number of rotatable bonds is 6. The molecule has 5 heteroatoms. The largest absolute Gasteiger partial charge is 0.378 e. The highest BCUT2D eigenvalue weighted by atomic mass is 19.1. The van der Waals surface area contributed by atoms with Crippen molar-refractivity contribution in [1.82, 2.24) is 5.32 Å². The third kappa shape index (κ3) is 4.32. The van der Waals surface area contributed by atoms with Gasteiger partial charge in [-0.05, 0) is 24.3 Å². The Bertz CT molecular complexity index is 683. The van der Waals surface area contributed by atoms with Crippen molar-refractivity contribution in [1.29, 1.82) is 0 Å². The van der Waals surface area contributed by atoms with E-state index in [4.69, 9.17) is 0 Å². The van der Waals surface area contributed by atoms with Gasteiger partial charge in [-0.25, -0.2) is 4.39 Å². The van der Waals surface area contributed by atoms with Crippen LogP contribution in [0.4, 0.5) is 10.1 Å². The van der Waals surface area contributed by atoms with Gasteiger partial charge in [0.25, 0.3) is 5.91 Å². The minimum absolute atomic E-state index is 0.0768. The van der Waals surface area contributed by atoms with E-state index in [0.717, 1.165) is 11.3 Å². The van der Waals surface area contributed by atoms with Crippen molar-refractivity contribution < 1.29 is 14.1 Å². The van der Waals surface area contributed by atoms with Crippen molar-refractivity contribution in [2.24, 2.45) is 0 Å². The van der Waals surface area contributed by atoms with Gasteiger partial charge in [0.1, 0.15) is 11.9 Å². The molecule has 128 valence electrons. The summed E-state index contributed by atoms with van der Waals surface area (Å²) in [4.78, 5) is 15.4. The maximum absolute atomic E-state index is 13.7. The molecule has 0 bridgehead atoms. The van der Waals surface area contributed by atoms with Crippen LogP contribution in [0, 0.1) is 5.82 Å². The lowest BCUT2D eigenvalue weighted by molar-refractivity contribution is -0.890. The number of hydrogen-bond donors (Lipinski definition) is 2. The lowest BCUT2D eigenvalue weighted by Crippen LogP contribution is -3.07. The fraction of sp³-hybridized carbons (Fsp3) is 0.316. The minimum Gasteiger partial charge on any atom is -0.378 e. The van der Waals surface area contributed by atoms with Gasteiger partial charge in [-0.2, -0.15) is 0 Å². The maximum atomic E-state index is 13.7. The van der Waals surface area contributed by atoms with Crippen molar-refractivity contribution >= 4 is 11.6 Å². The molecule has 0 spiro atoms. The number of halogens is 1. The molecule has 2 aromatic carbocycles. The van der Waals surface area contributed by atoms with Crippen LogP contribution in [-0.4, -0.2) is 40.6 Å². The van der Waals surface area contributed by atoms with Gasteiger partial charge in [-0.3, -0.25) is 4.79 Å². The first-order valence-corrected chi connectivity index (χ1v) is 8.00. The van der Waals surface area contributed by atoms with E-state index in [0.29, 0.717) is 6.54 Å². The Morgan fingerprint density at radius 2 is 1.75 bits per heavy atom. The molecule has 0 aliphatic heterocycles. The predicted molar refractivity (Wildman–Crippen MR) is 95.1 cm³/mol. The zero-order valence-electron chi connectivity index (χ0n) is 14.6. The van der Waals surface area contributed by atoms with E-state index in [1.807, 2.05) is 33.1 Å². The lowest BCUT2D eigenvalue weighted by atomic mass is 10.0. The van der Waals surface area contributed by atoms with E-state index in [1.165, 1.54) is 17.0 Å². The summed E-state index contributed by atoms with van der Waals surface area (Å²) < 4.78 is 13.7. The summed E-state index contributed by atoms with van der Waals surface area (Å²) in [5.74, 6) is -0.886. The van der Waals surface area contributed by atoms with Crippen LogP contribution in [-0.2, 0) is 0 Å². The van der Waals surface area contributed by atoms with Gasteiger partial charge in [0.2, 0.25) is 0 Å². The molecule has 0 saturated carbocycles. The van der Waals surface area contributed by atoms with Crippen molar-refractivity contribution in [2.45, 2.75) is 6.04 Å². The summed E-state index contributed by atoms with van der Waals surface area (Å²) in [5.41, 5.74) is 2.34. The molecular formula is C19H25FN3O+. The van der Waals surface area contributed by atoms with Crippen LogP contribution in [0.1, 0.15) is 22.0 Å². The van der Waals surface area contributed by atoms with Crippen LogP contribution in [0.25, 0.3) is 0 Å². The molecule has 0 aliphatic carbocycles. The van der Waals surface area contributed by atoms with Gasteiger partial charge in [0.05, 0.1) is 26.2 Å². The molecule has 0 unspecified atom stereocenters. The summed E-state index contributed by atoms with van der Waals surface area (Å²) in [7, 11) is 8.08. The Labute approximate surface area is 142 Å². The van der Waals surface area contributed by atoms with Crippen molar-refractivity contribution in [2.75, 3.05) is 39.6 Å². The third-order valence-electron chi connectivity index (χ3n) is 4.09. The van der Waals surface area contributed by atoms with Crippen LogP contribution < -0.4 is 15.1 Å². The quantitative estimate of drug-likeness (QED) is 0.842. The Balaban J connectivity index is 2.09. The Hall–Kier alpha value is -2.40. The topological polar surface area (TPSA) is 36.8 Å². The molecule has 0 aliphatic rings. The first kappa shape index (κ1) is 17.9. The molecule has 2 N–H and O–H groups in total. The summed E-state index contributed by atoms with van der Waals surface area (Å²) in [6.07, 6.45) is 0. The number of quaternary nitrogens is 1. The highest BCUT2D eigenvalue weighted by Gasteiger charge is 2.20. The number of anilines is 1. The van der Waals surface area contributed by atoms with Crippen LogP contribution in [0.2, 0.25) is 0 Å². The van der Waals surface area contributed by atoms with E-state index < -0.39 is 5.82 Å². The number of carbonyl (C=O) groups excluding carboxylic acids is 1. The SMILES string of the molecule is CN(C)c1ccc([C@@H](CNC(=O)c2ccccc2F)[NH+](C)C)cc1. The molecule has 1 amide bonds. The summed E-state index contributed by atoms with van der Waals surface area (Å²) in [6, 6.07) is 14.4. The summed E-state index contributed by atoms with van der Waals surface area (Å²) >= 11 is 0. The van der Waals surface area contributed by atoms with Crippen LogP contribution in [0.3, 0.4) is 0 Å². The molecule has 0 fully saturated rings. The first-order chi connectivity index (χ1) is 11.4. The van der Waals surface area contributed by atoms with Gasteiger partial charge < -0.3 is 15.1 Å². The molecular weight excluding hydrogens is 305 g/mol. The molecule has 0 aromatic heterocycles. The standard InChI is InChI=1S/C19H24FN3O/c1-22(2)15-11-9-14(10-12-15)18(23(3)4)13-21-19(24)16-7-5-6-8-17(16)20/h5-12,18H,13H2,1-4H3,(H,21,24)/p+1/t18-/m1/s1. The van der Waals surface area contributed by atoms with Gasteiger partial charge >= 0.3 is 0 Å². The van der Waals surface area contributed by atoms with Crippen LogP contribution in [0.15, 0.2) is 48.5 Å². The zero-order valence-corrected chi connectivity index (χ0v) is 14.6. The maximum Gasteiger partial charge on any atom is 0.254 e. The van der Waals surface area contributed by atoms with Crippen LogP contribution in [0.5, 0.6) is 0 Å². The average molecular weight is 330 g/mol. The third-order valence-corrected chi connectivity index (χ3v) is 4.09. The highest BCUT2D eigenvalue weighted by Crippen LogP contribution is 2.16. The molecule has 2 rings (SSSR count). The fourth-order valence-electron chi connectivity index (χ4n) is 2.60. The Kier molecular flexibility index (Phi) is 5.93. The van der Waals surface area contributed by atoms with Crippen molar-refractivity contribution in [3.63, 3.8) is 0 Å². The normalized spacial score (nSPS) is 12.1. The Morgan fingerprint density at radius 1 is 1.12 bits per heavy atom. The summed E-state index contributed by atoms with van der Waals surface area (Å²) in [6.45, 7) is 0.441. The van der Waals surface area contributed by atoms with E-state index >= 15 is 0 Å². The smallest absolute Gasteiger partial charge is 0.254 e. The average Bonchev–Trinajstić information content (AvgIpc) is 2.55. The number of nitrogens with zero attached hydrogens (tertiary/aromatic N) is 1. The number of hydrogen-bond acceptors (Lipinski definition) is 2. The first-order valence-electron chi connectivity index (χ1n) is 8.00. The molecule has 0 heterocycles. The van der Waals surface area contributed by atoms with Gasteiger partial charge in [-0.15, -0.1) is 0 Å². The van der Waals surface area contributed by atoms with Gasteiger partial charge in [-0.1, -0.05) is 24.3 Å². The number of carbonyl (C=O) groups is 1. The second-order valence-electron chi connectivity index (χ2n) is 6.31. The van der Waals surface area contributed by atoms with Crippen molar-refractivity contribution in [3.8, 4) is 0 Å². The van der Waals surface area contributed by atoms with Crippen LogP contribution >= 0.6 is 0 Å². The van der Waals surface area contributed by atoms with Gasteiger partial charge in [0, 0.05) is 25.3 Å². The van der Waals surface area contributed by atoms with Crippen molar-refractivity contribution in [3.05, 3.63) is 65.5 Å². The fourth-order valence-corrected chi connectivity index (χ4v) is 2.60. The lowest BCUT2D eigenvalue weighted by Gasteiger charge is -2.23. The van der Waals surface area contributed by atoms with E-state index in [9.17, 15) is 9.18 Å². The summed E-state index contributed by atoms with van der Waals surface area (Å²) in [5, 5.41) is 2.85. The minimum atomic E-state index is -0.501. The number of likely N-dealkylation sites (N-methyl/N-ethyl adjacent to an activating group) is 1. The highest BCUT2D eigenvalue weighted by molar-refractivity contribution is 5.94. The van der Waals surface area contributed by atoms with E-state index in [-0.39, 0.29) is 17.5 Å². The monoisotopic (exact) mass is 330 g/mol. The number of benzene rings is 2. The second kappa shape index (κ2) is 7.93. The molecule has 24 heavy (non-hydrogen) atoms. The molecule has 4 nitrogen and oxygen atoms in total. The van der Waals surface area contributed by atoms with E-state index in [1.54, 1.807) is 12.1 Å². The molecule has 0 radical (unpaired) electrons. The molecule has 2 aromatic rings. The number of nitrogens with one attached hydrogen (secondary N) is 2. The molecule has 0 saturated heterocycles. The predicted octanol–water partition coefficient (Wildman–Crippen LogP) is 1.51. The Morgan fingerprint density at radius 3 is 2.29 bits per heavy atom.